The molecule has 2 rings (SSSR count). The van der Waals surface area contributed by atoms with Crippen LogP contribution in [0, 0.1) is 4.77 Å². The Bertz CT molecular complexity index is 586. The van der Waals surface area contributed by atoms with Crippen molar-refractivity contribution in [3.63, 3.8) is 0 Å². The maximum Gasteiger partial charge on any atom is 0.213 e. The molecular weight excluding hydrogens is 246 g/mol. The Hall–Kier alpha value is -1.62. The maximum atomic E-state index is 5.31. The lowest BCUT2D eigenvalue weighted by Gasteiger charge is -2.11. The van der Waals surface area contributed by atoms with E-state index in [4.69, 9.17) is 17.0 Å². The van der Waals surface area contributed by atoms with Gasteiger partial charge in [0.2, 0.25) is 5.88 Å². The van der Waals surface area contributed by atoms with Crippen molar-refractivity contribution in [2.75, 3.05) is 7.11 Å². The molecule has 1 N–H and O–H groups in total. The van der Waals surface area contributed by atoms with Gasteiger partial charge < -0.3 is 14.3 Å². The van der Waals surface area contributed by atoms with E-state index in [-0.39, 0.29) is 0 Å². The van der Waals surface area contributed by atoms with Gasteiger partial charge in [0.05, 0.1) is 13.7 Å². The summed E-state index contributed by atoms with van der Waals surface area (Å²) in [5, 5.41) is 0. The first-order valence-electron chi connectivity index (χ1n) is 5.89. The van der Waals surface area contributed by atoms with Crippen LogP contribution in [0.5, 0.6) is 5.88 Å². The van der Waals surface area contributed by atoms with Gasteiger partial charge in [0.25, 0.3) is 0 Å². The van der Waals surface area contributed by atoms with E-state index in [1.807, 2.05) is 18.3 Å². The number of nitrogens with zero attached hydrogens (tertiary/aromatic N) is 2. The van der Waals surface area contributed by atoms with Crippen molar-refractivity contribution in [2.24, 2.45) is 0 Å². The largest absolute Gasteiger partial charge is 0.481 e. The lowest BCUT2D eigenvalue weighted by atomic mass is 10.1. The van der Waals surface area contributed by atoms with Crippen LogP contribution in [0.15, 0.2) is 24.5 Å². The highest BCUT2D eigenvalue weighted by Gasteiger charge is 2.08. The Labute approximate surface area is 112 Å². The van der Waals surface area contributed by atoms with Gasteiger partial charge in [0, 0.05) is 24.2 Å². The van der Waals surface area contributed by atoms with Crippen molar-refractivity contribution in [2.45, 2.75) is 26.3 Å². The molecule has 0 aliphatic heterocycles. The number of aromatic nitrogens is 3. The third-order valence-electron chi connectivity index (χ3n) is 2.84. The SMILES string of the molecule is COc1cc(Cn2c(C(C)C)c[nH]c2=S)ccn1. The van der Waals surface area contributed by atoms with E-state index in [1.54, 1.807) is 13.3 Å². The summed E-state index contributed by atoms with van der Waals surface area (Å²) in [5.74, 6) is 1.06. The highest BCUT2D eigenvalue weighted by Crippen LogP contribution is 2.17. The van der Waals surface area contributed by atoms with Crippen molar-refractivity contribution >= 4 is 12.2 Å². The van der Waals surface area contributed by atoms with Gasteiger partial charge in [-0.2, -0.15) is 0 Å². The van der Waals surface area contributed by atoms with E-state index in [1.165, 1.54) is 5.69 Å². The van der Waals surface area contributed by atoms with Crippen LogP contribution >= 0.6 is 12.2 Å². The van der Waals surface area contributed by atoms with Crippen LogP contribution in [0.1, 0.15) is 31.0 Å². The molecule has 96 valence electrons. The summed E-state index contributed by atoms with van der Waals surface area (Å²) in [6.45, 7) is 5.04. The molecular formula is C13H17N3OS. The zero-order valence-corrected chi connectivity index (χ0v) is 11.6. The van der Waals surface area contributed by atoms with Crippen LogP contribution in [-0.4, -0.2) is 21.6 Å². The average molecular weight is 263 g/mol. The standard InChI is InChI=1S/C13H17N3OS/c1-9(2)11-7-15-13(18)16(11)8-10-4-5-14-12(6-10)17-3/h4-7,9H,8H2,1-3H3,(H,15,18). The van der Waals surface area contributed by atoms with Gasteiger partial charge in [0.1, 0.15) is 0 Å². The molecule has 5 heteroatoms. The van der Waals surface area contributed by atoms with Gasteiger partial charge in [-0.3, -0.25) is 0 Å². The summed E-state index contributed by atoms with van der Waals surface area (Å²) < 4.78 is 7.98. The van der Waals surface area contributed by atoms with Crippen LogP contribution < -0.4 is 4.74 Å². The fourth-order valence-corrected chi connectivity index (χ4v) is 2.12. The van der Waals surface area contributed by atoms with Crippen LogP contribution in [-0.2, 0) is 6.54 Å². The third-order valence-corrected chi connectivity index (χ3v) is 3.18. The lowest BCUT2D eigenvalue weighted by Crippen LogP contribution is -2.06. The lowest BCUT2D eigenvalue weighted by molar-refractivity contribution is 0.397. The number of aromatic amines is 1. The summed E-state index contributed by atoms with van der Waals surface area (Å²) in [6, 6.07) is 3.90. The Morgan fingerprint density at radius 2 is 2.28 bits per heavy atom. The third kappa shape index (κ3) is 2.61. The Balaban J connectivity index is 2.33. The van der Waals surface area contributed by atoms with Crippen LogP contribution in [0.25, 0.3) is 0 Å². The number of rotatable bonds is 4. The quantitative estimate of drug-likeness (QED) is 0.862. The molecule has 0 saturated carbocycles. The minimum Gasteiger partial charge on any atom is -0.481 e. The van der Waals surface area contributed by atoms with Crippen molar-refractivity contribution in [3.8, 4) is 5.88 Å². The highest BCUT2D eigenvalue weighted by molar-refractivity contribution is 7.71. The Morgan fingerprint density at radius 1 is 1.50 bits per heavy atom. The number of imidazole rings is 1. The second-order valence-corrected chi connectivity index (χ2v) is 4.85. The normalized spacial score (nSPS) is 10.9. The summed E-state index contributed by atoms with van der Waals surface area (Å²) >= 11 is 5.31. The van der Waals surface area contributed by atoms with E-state index in [2.05, 4.69) is 28.4 Å². The number of H-pyrrole nitrogens is 1. The molecule has 0 fully saturated rings. The molecule has 0 amide bonds. The van der Waals surface area contributed by atoms with E-state index in [9.17, 15) is 0 Å². The number of hydrogen-bond acceptors (Lipinski definition) is 3. The molecule has 2 aromatic rings. The Kier molecular flexibility index (Phi) is 3.81. The molecule has 2 aromatic heterocycles. The van der Waals surface area contributed by atoms with Crippen molar-refractivity contribution in [1.82, 2.24) is 14.5 Å². The van der Waals surface area contributed by atoms with E-state index in [0.29, 0.717) is 11.8 Å². The summed E-state index contributed by atoms with van der Waals surface area (Å²) in [5.41, 5.74) is 2.33. The van der Waals surface area contributed by atoms with Gasteiger partial charge >= 0.3 is 0 Å². The minimum atomic E-state index is 0.432. The summed E-state index contributed by atoms with van der Waals surface area (Å²) in [4.78, 5) is 7.20. The zero-order valence-electron chi connectivity index (χ0n) is 10.8. The fourth-order valence-electron chi connectivity index (χ4n) is 1.89. The van der Waals surface area contributed by atoms with Crippen molar-refractivity contribution < 1.29 is 4.74 Å². The molecule has 0 aliphatic rings. The number of methoxy groups -OCH3 is 1. The topological polar surface area (TPSA) is 42.8 Å². The minimum absolute atomic E-state index is 0.432. The first kappa shape index (κ1) is 12.8. The number of nitrogens with one attached hydrogen (secondary N) is 1. The Morgan fingerprint density at radius 3 is 2.94 bits per heavy atom. The monoisotopic (exact) mass is 263 g/mol. The second kappa shape index (κ2) is 5.35. The number of hydrogen-bond donors (Lipinski definition) is 1. The predicted octanol–water partition coefficient (Wildman–Crippen LogP) is 3.12. The molecule has 0 spiro atoms. The van der Waals surface area contributed by atoms with Crippen molar-refractivity contribution in [3.05, 3.63) is 40.6 Å². The fraction of sp³-hybridized carbons (Fsp3) is 0.385. The molecule has 0 saturated heterocycles. The molecule has 0 aromatic carbocycles. The van der Waals surface area contributed by atoms with E-state index >= 15 is 0 Å². The molecule has 0 aliphatic carbocycles. The maximum absolute atomic E-state index is 5.31. The van der Waals surface area contributed by atoms with Crippen LogP contribution in [0.2, 0.25) is 0 Å². The zero-order chi connectivity index (χ0) is 13.1. The number of ether oxygens (including phenoxy) is 1. The molecule has 18 heavy (non-hydrogen) atoms. The van der Waals surface area contributed by atoms with E-state index in [0.717, 1.165) is 16.9 Å². The van der Waals surface area contributed by atoms with Crippen LogP contribution in [0.3, 0.4) is 0 Å². The van der Waals surface area contributed by atoms with Crippen molar-refractivity contribution in [1.29, 1.82) is 0 Å². The average Bonchev–Trinajstić information content (AvgIpc) is 2.71. The molecule has 0 bridgehead atoms. The molecule has 0 radical (unpaired) electrons. The molecule has 2 heterocycles. The molecule has 0 unspecified atom stereocenters. The van der Waals surface area contributed by atoms with E-state index < -0.39 is 0 Å². The van der Waals surface area contributed by atoms with Crippen LogP contribution in [0.4, 0.5) is 0 Å². The van der Waals surface area contributed by atoms with Gasteiger partial charge in [-0.15, -0.1) is 0 Å². The van der Waals surface area contributed by atoms with Gasteiger partial charge in [-0.25, -0.2) is 4.98 Å². The van der Waals surface area contributed by atoms with Gasteiger partial charge in [-0.1, -0.05) is 13.8 Å². The molecule has 4 nitrogen and oxygen atoms in total. The predicted molar refractivity (Wildman–Crippen MR) is 73.6 cm³/mol. The van der Waals surface area contributed by atoms with Gasteiger partial charge in [0.15, 0.2) is 4.77 Å². The first-order valence-corrected chi connectivity index (χ1v) is 6.29. The van der Waals surface area contributed by atoms with Gasteiger partial charge in [-0.05, 0) is 29.8 Å². The second-order valence-electron chi connectivity index (χ2n) is 4.47. The highest BCUT2D eigenvalue weighted by atomic mass is 32.1. The summed E-state index contributed by atoms with van der Waals surface area (Å²) in [6.07, 6.45) is 3.73. The first-order chi connectivity index (χ1) is 8.61. The summed E-state index contributed by atoms with van der Waals surface area (Å²) in [7, 11) is 1.62. The number of pyridine rings is 1. The smallest absolute Gasteiger partial charge is 0.213 e. The molecule has 0 atom stereocenters.